The van der Waals surface area contributed by atoms with Crippen molar-refractivity contribution in [3.8, 4) is 0 Å². The Morgan fingerprint density at radius 3 is 2.74 bits per heavy atom. The molecule has 5 nitrogen and oxygen atoms in total. The van der Waals surface area contributed by atoms with Gasteiger partial charge in [-0.3, -0.25) is 0 Å². The molecule has 1 aromatic carbocycles. The molecule has 1 aromatic heterocycles. The number of rotatable bonds is 3. The first kappa shape index (κ1) is 14.2. The molecule has 2 N–H and O–H groups in total. The summed E-state index contributed by atoms with van der Waals surface area (Å²) in [5.41, 5.74) is 3.37. The molecular formula is C18H20N2O3. The Bertz CT molecular complexity index is 705. The highest BCUT2D eigenvalue weighted by Gasteiger charge is 2.36. The summed E-state index contributed by atoms with van der Waals surface area (Å²) in [5.74, 6) is -0.898. The average molecular weight is 312 g/mol. The van der Waals surface area contributed by atoms with Gasteiger partial charge in [0, 0.05) is 11.6 Å². The number of nitrogens with zero attached hydrogens (tertiary/aromatic N) is 1. The van der Waals surface area contributed by atoms with Crippen molar-refractivity contribution < 1.29 is 14.3 Å². The maximum absolute atomic E-state index is 11.2. The van der Waals surface area contributed by atoms with E-state index in [0.29, 0.717) is 11.6 Å². The van der Waals surface area contributed by atoms with E-state index in [0.717, 1.165) is 16.9 Å². The van der Waals surface area contributed by atoms with E-state index in [1.54, 1.807) is 24.7 Å². The van der Waals surface area contributed by atoms with E-state index < -0.39 is 5.97 Å². The smallest absolute Gasteiger partial charge is 0.335 e. The Morgan fingerprint density at radius 2 is 2.04 bits per heavy atom. The second-order valence-electron chi connectivity index (χ2n) is 6.34. The van der Waals surface area contributed by atoms with E-state index in [4.69, 9.17) is 4.42 Å². The number of carboxylic acids is 1. The Morgan fingerprint density at radius 1 is 1.22 bits per heavy atom. The summed E-state index contributed by atoms with van der Waals surface area (Å²) in [4.78, 5) is 13.6. The molecule has 1 unspecified atom stereocenters. The number of carbonyl (C=O) groups is 1. The molecule has 5 heteroatoms. The van der Waals surface area contributed by atoms with Gasteiger partial charge in [0.15, 0.2) is 0 Å². The number of hydrogen-bond acceptors (Lipinski definition) is 4. The van der Waals surface area contributed by atoms with Crippen LogP contribution in [0.5, 0.6) is 0 Å². The summed E-state index contributed by atoms with van der Waals surface area (Å²) in [6, 6.07) is 7.80. The Hall–Kier alpha value is -2.43. The van der Waals surface area contributed by atoms with Gasteiger partial charge < -0.3 is 19.7 Å². The molecule has 2 aliphatic rings. The summed E-state index contributed by atoms with van der Waals surface area (Å²) in [5, 5.41) is 12.7. The Labute approximate surface area is 134 Å². The quantitative estimate of drug-likeness (QED) is 0.887. The van der Waals surface area contributed by atoms with Crippen LogP contribution in [-0.4, -0.2) is 17.1 Å². The van der Waals surface area contributed by atoms with Gasteiger partial charge in [-0.25, -0.2) is 4.79 Å². The minimum absolute atomic E-state index is 0.0101. The highest BCUT2D eigenvalue weighted by atomic mass is 16.4. The molecule has 0 bridgehead atoms. The summed E-state index contributed by atoms with van der Waals surface area (Å²) in [7, 11) is 0. The van der Waals surface area contributed by atoms with Gasteiger partial charge in [0.05, 0.1) is 29.5 Å². The number of hydrogen-bond donors (Lipinski definition) is 2. The van der Waals surface area contributed by atoms with E-state index in [2.05, 4.69) is 10.2 Å². The van der Waals surface area contributed by atoms with Gasteiger partial charge in [-0.05, 0) is 37.1 Å². The second kappa shape index (κ2) is 5.65. The predicted octanol–water partition coefficient (Wildman–Crippen LogP) is 4.24. The lowest BCUT2D eigenvalue weighted by atomic mass is 9.93. The normalized spacial score (nSPS) is 21.0. The van der Waals surface area contributed by atoms with Crippen LogP contribution in [0.25, 0.3) is 0 Å². The Balaban J connectivity index is 1.74. The lowest BCUT2D eigenvalue weighted by Crippen LogP contribution is -2.39. The zero-order valence-corrected chi connectivity index (χ0v) is 12.9. The van der Waals surface area contributed by atoms with Gasteiger partial charge in [-0.1, -0.05) is 19.3 Å². The van der Waals surface area contributed by atoms with E-state index in [1.807, 2.05) is 12.1 Å². The van der Waals surface area contributed by atoms with Crippen LogP contribution in [-0.2, 0) is 0 Å². The van der Waals surface area contributed by atoms with Gasteiger partial charge in [-0.15, -0.1) is 0 Å². The molecule has 0 radical (unpaired) electrons. The van der Waals surface area contributed by atoms with Gasteiger partial charge in [0.1, 0.15) is 6.17 Å². The van der Waals surface area contributed by atoms with Crippen molar-refractivity contribution in [2.75, 3.05) is 10.2 Å². The molecule has 1 fully saturated rings. The van der Waals surface area contributed by atoms with Crippen LogP contribution < -0.4 is 10.2 Å². The number of fused-ring (bicyclic) bond motifs is 1. The van der Waals surface area contributed by atoms with Crippen molar-refractivity contribution in [2.24, 2.45) is 0 Å². The topological polar surface area (TPSA) is 65.7 Å². The van der Waals surface area contributed by atoms with Crippen LogP contribution in [0.4, 0.5) is 11.4 Å². The minimum Gasteiger partial charge on any atom is -0.478 e. The van der Waals surface area contributed by atoms with Crippen LogP contribution in [0, 0.1) is 0 Å². The fourth-order valence-electron chi connectivity index (χ4n) is 3.81. The molecule has 0 amide bonds. The van der Waals surface area contributed by atoms with Crippen molar-refractivity contribution in [1.82, 2.24) is 0 Å². The second-order valence-corrected chi connectivity index (χ2v) is 6.34. The standard InChI is InChI=1S/C18H20N2O3/c21-18(22)12-6-7-16-15(10-12)19-17(13-8-9-23-11-13)20(16)14-4-2-1-3-5-14/h6-11,14,17,19H,1-5H2,(H,21,22). The summed E-state index contributed by atoms with van der Waals surface area (Å²) < 4.78 is 5.26. The van der Waals surface area contributed by atoms with Crippen molar-refractivity contribution in [2.45, 2.75) is 44.3 Å². The zero-order chi connectivity index (χ0) is 15.8. The third-order valence-corrected chi connectivity index (χ3v) is 4.92. The molecule has 4 rings (SSSR count). The highest BCUT2D eigenvalue weighted by Crippen LogP contribution is 2.45. The van der Waals surface area contributed by atoms with E-state index >= 15 is 0 Å². The number of anilines is 2. The molecule has 120 valence electrons. The molecule has 2 aromatic rings. The number of aromatic carboxylic acids is 1. The third kappa shape index (κ3) is 2.46. The molecule has 1 saturated carbocycles. The average Bonchev–Trinajstić information content (AvgIpc) is 3.22. The van der Waals surface area contributed by atoms with Crippen LogP contribution >= 0.6 is 0 Å². The highest BCUT2D eigenvalue weighted by molar-refractivity contribution is 5.92. The third-order valence-electron chi connectivity index (χ3n) is 4.92. The zero-order valence-electron chi connectivity index (χ0n) is 12.9. The summed E-state index contributed by atoms with van der Waals surface area (Å²) in [6.07, 6.45) is 9.62. The van der Waals surface area contributed by atoms with Crippen LogP contribution in [0.3, 0.4) is 0 Å². The SMILES string of the molecule is O=C(O)c1ccc2c(c1)NC(c1ccoc1)N2C1CCCCC1. The molecule has 1 aliphatic carbocycles. The van der Waals surface area contributed by atoms with Gasteiger partial charge >= 0.3 is 5.97 Å². The van der Waals surface area contributed by atoms with Gasteiger partial charge in [0.2, 0.25) is 0 Å². The molecule has 0 saturated heterocycles. The van der Waals surface area contributed by atoms with Crippen LogP contribution in [0.1, 0.15) is 54.2 Å². The number of carboxylic acid groups (broad SMARTS) is 1. The van der Waals surface area contributed by atoms with Gasteiger partial charge in [-0.2, -0.15) is 0 Å². The first-order chi connectivity index (χ1) is 11.2. The lowest BCUT2D eigenvalue weighted by Gasteiger charge is -2.36. The van der Waals surface area contributed by atoms with E-state index in [9.17, 15) is 9.90 Å². The van der Waals surface area contributed by atoms with Crippen LogP contribution in [0.15, 0.2) is 41.2 Å². The summed E-state index contributed by atoms with van der Waals surface area (Å²) >= 11 is 0. The fraction of sp³-hybridized carbons (Fsp3) is 0.389. The lowest BCUT2D eigenvalue weighted by molar-refractivity contribution is 0.0697. The van der Waals surface area contributed by atoms with Crippen molar-refractivity contribution >= 4 is 17.3 Å². The molecule has 23 heavy (non-hydrogen) atoms. The fourth-order valence-corrected chi connectivity index (χ4v) is 3.81. The van der Waals surface area contributed by atoms with Crippen molar-refractivity contribution in [3.05, 3.63) is 47.9 Å². The van der Waals surface area contributed by atoms with E-state index in [-0.39, 0.29) is 6.17 Å². The molecule has 1 aliphatic heterocycles. The molecular weight excluding hydrogens is 292 g/mol. The first-order valence-electron chi connectivity index (χ1n) is 8.18. The maximum atomic E-state index is 11.2. The number of furan rings is 1. The minimum atomic E-state index is -0.898. The van der Waals surface area contributed by atoms with Crippen LogP contribution in [0.2, 0.25) is 0 Å². The maximum Gasteiger partial charge on any atom is 0.335 e. The number of nitrogens with one attached hydrogen (secondary N) is 1. The molecule has 1 atom stereocenters. The van der Waals surface area contributed by atoms with Crippen molar-refractivity contribution in [3.63, 3.8) is 0 Å². The monoisotopic (exact) mass is 312 g/mol. The summed E-state index contributed by atoms with van der Waals surface area (Å²) in [6.45, 7) is 0. The largest absolute Gasteiger partial charge is 0.478 e. The first-order valence-corrected chi connectivity index (χ1v) is 8.18. The molecule has 2 heterocycles. The van der Waals surface area contributed by atoms with Gasteiger partial charge in [0.25, 0.3) is 0 Å². The molecule has 0 spiro atoms. The predicted molar refractivity (Wildman–Crippen MR) is 87.8 cm³/mol. The Kier molecular flexibility index (Phi) is 3.48. The number of benzene rings is 1. The van der Waals surface area contributed by atoms with E-state index in [1.165, 1.54) is 32.1 Å². The van der Waals surface area contributed by atoms with Crippen molar-refractivity contribution in [1.29, 1.82) is 0 Å².